The van der Waals surface area contributed by atoms with Crippen molar-refractivity contribution in [2.45, 2.75) is 44.1 Å². The van der Waals surface area contributed by atoms with Gasteiger partial charge >= 0.3 is 5.97 Å². The van der Waals surface area contributed by atoms with Gasteiger partial charge in [0.05, 0.1) is 6.61 Å². The molecule has 4 bridgehead atoms. The molecule has 2 atom stereocenters. The van der Waals surface area contributed by atoms with Gasteiger partial charge in [-0.3, -0.25) is 0 Å². The number of hydrogen-bond donors (Lipinski definition) is 0. The van der Waals surface area contributed by atoms with Crippen LogP contribution in [0.5, 0.6) is 0 Å². The van der Waals surface area contributed by atoms with E-state index in [4.69, 9.17) is 21.1 Å². The fraction of sp³-hybridized carbons (Fsp3) is 0.800. The largest absolute Gasteiger partial charge is 0.456 e. The molecule has 4 aliphatic rings. The third-order valence-electron chi connectivity index (χ3n) is 5.10. The molecule has 4 saturated carbocycles. The minimum Gasteiger partial charge on any atom is -0.456 e. The van der Waals surface area contributed by atoms with Gasteiger partial charge in [-0.1, -0.05) is 18.2 Å². The van der Waals surface area contributed by atoms with E-state index in [1.807, 2.05) is 0 Å². The van der Waals surface area contributed by atoms with Gasteiger partial charge in [-0.25, -0.2) is 4.79 Å². The highest BCUT2D eigenvalue weighted by molar-refractivity contribution is 6.17. The zero-order chi connectivity index (χ0) is 13.5. The number of halogens is 1. The van der Waals surface area contributed by atoms with Crippen LogP contribution in [0.3, 0.4) is 0 Å². The predicted octanol–water partition coefficient (Wildman–Crippen LogP) is 3.27. The van der Waals surface area contributed by atoms with Crippen molar-refractivity contribution in [1.29, 1.82) is 0 Å². The van der Waals surface area contributed by atoms with Gasteiger partial charge in [0.1, 0.15) is 11.7 Å². The molecule has 106 valence electrons. The van der Waals surface area contributed by atoms with E-state index in [-0.39, 0.29) is 23.1 Å². The van der Waals surface area contributed by atoms with Crippen molar-refractivity contribution in [2.75, 3.05) is 12.7 Å². The van der Waals surface area contributed by atoms with E-state index in [1.54, 1.807) is 0 Å². The number of carbonyl (C=O) groups is 1. The number of esters is 1. The van der Waals surface area contributed by atoms with Crippen LogP contribution in [-0.4, -0.2) is 24.2 Å². The van der Waals surface area contributed by atoms with Crippen molar-refractivity contribution in [1.82, 2.24) is 0 Å². The van der Waals surface area contributed by atoms with Gasteiger partial charge < -0.3 is 9.47 Å². The first-order valence-electron chi connectivity index (χ1n) is 7.08. The maximum Gasteiger partial charge on any atom is 0.330 e. The molecule has 2 unspecified atom stereocenters. The number of hydrogen-bond acceptors (Lipinski definition) is 3. The van der Waals surface area contributed by atoms with Crippen molar-refractivity contribution in [3.63, 3.8) is 0 Å². The first kappa shape index (κ1) is 13.4. The van der Waals surface area contributed by atoms with Crippen molar-refractivity contribution in [3.05, 3.63) is 12.7 Å². The van der Waals surface area contributed by atoms with E-state index in [0.717, 1.165) is 19.3 Å². The molecule has 4 heteroatoms. The Bertz CT molecular complexity index is 379. The van der Waals surface area contributed by atoms with E-state index < -0.39 is 0 Å². The first-order valence-corrected chi connectivity index (χ1v) is 7.61. The van der Waals surface area contributed by atoms with Gasteiger partial charge in [-0.05, 0) is 55.8 Å². The Balaban J connectivity index is 1.80. The quantitative estimate of drug-likeness (QED) is 0.442. The molecule has 0 spiro atoms. The molecular formula is C15H21ClO3. The maximum atomic E-state index is 11.6. The summed E-state index contributed by atoms with van der Waals surface area (Å²) in [4.78, 5) is 11.6. The lowest BCUT2D eigenvalue weighted by atomic mass is 9.48. The molecule has 3 nitrogen and oxygen atoms in total. The smallest absolute Gasteiger partial charge is 0.330 e. The van der Waals surface area contributed by atoms with Crippen LogP contribution in [0.1, 0.15) is 38.5 Å². The fourth-order valence-electron chi connectivity index (χ4n) is 5.16. The van der Waals surface area contributed by atoms with Gasteiger partial charge in [0.15, 0.2) is 0 Å². The molecule has 19 heavy (non-hydrogen) atoms. The molecule has 0 heterocycles. The third kappa shape index (κ3) is 2.43. The Morgan fingerprint density at radius 3 is 2.58 bits per heavy atom. The Kier molecular flexibility index (Phi) is 3.38. The summed E-state index contributed by atoms with van der Waals surface area (Å²) in [5.41, 5.74) is -0.0779. The molecule has 0 aromatic rings. The van der Waals surface area contributed by atoms with E-state index in [1.165, 1.54) is 25.3 Å². The summed E-state index contributed by atoms with van der Waals surface area (Å²) in [6.45, 7) is 4.21. The summed E-state index contributed by atoms with van der Waals surface area (Å²) in [6.07, 6.45) is 7.94. The van der Waals surface area contributed by atoms with Gasteiger partial charge in [-0.15, -0.1) is 0 Å². The summed E-state index contributed by atoms with van der Waals surface area (Å²) in [6, 6.07) is 0.247. The van der Waals surface area contributed by atoms with Gasteiger partial charge in [0.2, 0.25) is 0 Å². The summed E-state index contributed by atoms with van der Waals surface area (Å²) in [5.74, 6) is 1.07. The Morgan fingerprint density at radius 1 is 1.32 bits per heavy atom. The Labute approximate surface area is 119 Å². The molecular weight excluding hydrogens is 264 g/mol. The minimum absolute atomic E-state index is 0.181. The van der Waals surface area contributed by atoms with Crippen LogP contribution < -0.4 is 0 Å². The molecule has 0 aromatic heterocycles. The van der Waals surface area contributed by atoms with Crippen LogP contribution in [-0.2, 0) is 14.3 Å². The van der Waals surface area contributed by atoms with E-state index in [0.29, 0.717) is 18.4 Å². The summed E-state index contributed by atoms with van der Waals surface area (Å²) in [5, 5.41) is 0. The van der Waals surface area contributed by atoms with Crippen molar-refractivity contribution in [2.24, 2.45) is 17.3 Å². The molecule has 0 aromatic carbocycles. The molecule has 0 aliphatic heterocycles. The molecule has 0 N–H and O–H groups in total. The summed E-state index contributed by atoms with van der Waals surface area (Å²) >= 11 is 5.66. The second kappa shape index (κ2) is 4.78. The highest BCUT2D eigenvalue weighted by Crippen LogP contribution is 2.62. The third-order valence-corrected chi connectivity index (χ3v) is 5.25. The summed E-state index contributed by atoms with van der Waals surface area (Å²) in [7, 11) is 0. The maximum absolute atomic E-state index is 11.6. The first-order chi connectivity index (χ1) is 9.09. The van der Waals surface area contributed by atoms with Crippen LogP contribution in [0.25, 0.3) is 0 Å². The molecule has 4 rings (SSSR count). The highest BCUT2D eigenvalue weighted by Gasteiger charge is 2.59. The lowest BCUT2D eigenvalue weighted by Gasteiger charge is -2.61. The molecule has 4 fully saturated rings. The SMILES string of the molecule is C=CC(=O)OC12CC3CC(CC(COCCl)(C3)C1)C2. The average Bonchev–Trinajstić information content (AvgIpc) is 2.34. The predicted molar refractivity (Wildman–Crippen MR) is 72.8 cm³/mol. The normalized spacial score (nSPS) is 43.2. The average molecular weight is 285 g/mol. The van der Waals surface area contributed by atoms with Gasteiger partial charge in [0.25, 0.3) is 0 Å². The lowest BCUT2D eigenvalue weighted by Crippen LogP contribution is -2.58. The summed E-state index contributed by atoms with van der Waals surface area (Å²) < 4.78 is 11.3. The molecule has 0 saturated heterocycles. The topological polar surface area (TPSA) is 35.5 Å². The molecule has 0 amide bonds. The number of rotatable bonds is 5. The van der Waals surface area contributed by atoms with E-state index >= 15 is 0 Å². The van der Waals surface area contributed by atoms with Crippen LogP contribution >= 0.6 is 11.6 Å². The Hall–Kier alpha value is -0.540. The minimum atomic E-state index is -0.282. The second-order valence-corrected chi connectivity index (χ2v) is 6.95. The number of ether oxygens (including phenoxy) is 2. The van der Waals surface area contributed by atoms with E-state index in [2.05, 4.69) is 6.58 Å². The van der Waals surface area contributed by atoms with Gasteiger partial charge in [-0.2, -0.15) is 0 Å². The van der Waals surface area contributed by atoms with Crippen molar-refractivity contribution >= 4 is 17.6 Å². The monoisotopic (exact) mass is 284 g/mol. The highest BCUT2D eigenvalue weighted by atomic mass is 35.5. The molecule has 4 aliphatic carbocycles. The van der Waals surface area contributed by atoms with Crippen LogP contribution in [0.4, 0.5) is 0 Å². The van der Waals surface area contributed by atoms with E-state index in [9.17, 15) is 4.79 Å². The number of alkyl halides is 1. The van der Waals surface area contributed by atoms with Crippen LogP contribution in [0.15, 0.2) is 12.7 Å². The lowest BCUT2D eigenvalue weighted by molar-refractivity contribution is -0.204. The van der Waals surface area contributed by atoms with Crippen molar-refractivity contribution < 1.29 is 14.3 Å². The van der Waals surface area contributed by atoms with Crippen molar-refractivity contribution in [3.8, 4) is 0 Å². The number of carbonyl (C=O) groups excluding carboxylic acids is 1. The zero-order valence-corrected chi connectivity index (χ0v) is 12.0. The second-order valence-electron chi connectivity index (χ2n) is 6.73. The fourth-order valence-corrected chi connectivity index (χ4v) is 5.24. The standard InChI is InChI=1S/C15H21ClO3/c1-2-13(17)19-15-6-11-3-12(7-15)5-14(4-11,8-15)9-18-10-16/h2,11-12H,1,3-10H2. The Morgan fingerprint density at radius 2 is 2.00 bits per heavy atom. The van der Waals surface area contributed by atoms with Gasteiger partial charge in [0, 0.05) is 6.08 Å². The van der Waals surface area contributed by atoms with Crippen LogP contribution in [0.2, 0.25) is 0 Å². The molecule has 0 radical (unpaired) electrons. The van der Waals surface area contributed by atoms with Crippen LogP contribution in [0, 0.1) is 17.3 Å². The zero-order valence-electron chi connectivity index (χ0n) is 11.2.